The van der Waals surface area contributed by atoms with E-state index >= 15 is 0 Å². The van der Waals surface area contributed by atoms with E-state index < -0.39 is 12.1 Å². The van der Waals surface area contributed by atoms with E-state index in [9.17, 15) is 9.90 Å². The second-order valence-corrected chi connectivity index (χ2v) is 3.02. The zero-order valence-electron chi connectivity index (χ0n) is 7.92. The Labute approximate surface area is 86.6 Å². The van der Waals surface area contributed by atoms with E-state index in [2.05, 4.69) is 0 Å². The van der Waals surface area contributed by atoms with Gasteiger partial charge in [0, 0.05) is 11.6 Å². The molecule has 80 valence electrons. The number of rotatable bonds is 3. The minimum atomic E-state index is -1.04. The van der Waals surface area contributed by atoms with Crippen LogP contribution in [0, 0.1) is 0 Å². The van der Waals surface area contributed by atoms with E-state index in [1.54, 1.807) is 12.1 Å². The number of carboxylic acids is 1. The van der Waals surface area contributed by atoms with Gasteiger partial charge < -0.3 is 21.7 Å². The smallest absolute Gasteiger partial charge is 0.328 e. The molecule has 0 aromatic heterocycles. The Hall–Kier alpha value is -1.85. The number of aromatic hydroxyl groups is 1. The van der Waals surface area contributed by atoms with Crippen molar-refractivity contribution in [2.24, 2.45) is 11.5 Å². The number of hydrogen-bond donors (Lipinski definition) is 4. The lowest BCUT2D eigenvalue weighted by Crippen LogP contribution is -2.20. The zero-order chi connectivity index (χ0) is 11.4. The SMILES string of the molecule is NC(N)c1cc(/C=C\C(=O)O)ccc1O. The summed E-state index contributed by atoms with van der Waals surface area (Å²) in [6.07, 6.45) is 1.61. The van der Waals surface area contributed by atoms with Crippen LogP contribution >= 0.6 is 0 Å². The predicted octanol–water partition coefficient (Wildman–Crippen LogP) is 0.406. The molecule has 5 nitrogen and oxygen atoms in total. The Balaban J connectivity index is 3.02. The van der Waals surface area contributed by atoms with Crippen LogP contribution in [0.5, 0.6) is 5.75 Å². The largest absolute Gasteiger partial charge is 0.508 e. The van der Waals surface area contributed by atoms with Gasteiger partial charge in [0.2, 0.25) is 0 Å². The summed E-state index contributed by atoms with van der Waals surface area (Å²) >= 11 is 0. The number of phenols is 1. The lowest BCUT2D eigenvalue weighted by molar-refractivity contribution is -0.131. The standard InChI is InChI=1S/C10H12N2O3/c11-10(12)7-5-6(1-3-8(7)13)2-4-9(14)15/h1-5,10,13H,11-12H2,(H,14,15)/b4-2-. The molecule has 6 N–H and O–H groups in total. The molecular weight excluding hydrogens is 196 g/mol. The Kier molecular flexibility index (Phi) is 3.43. The number of aliphatic carboxylic acids is 1. The van der Waals surface area contributed by atoms with Gasteiger partial charge in [-0.3, -0.25) is 0 Å². The van der Waals surface area contributed by atoms with Crippen molar-refractivity contribution < 1.29 is 15.0 Å². The van der Waals surface area contributed by atoms with Gasteiger partial charge in [-0.25, -0.2) is 4.79 Å². The van der Waals surface area contributed by atoms with E-state index in [4.69, 9.17) is 16.6 Å². The summed E-state index contributed by atoms with van der Waals surface area (Å²) in [5, 5.41) is 17.8. The summed E-state index contributed by atoms with van der Waals surface area (Å²) in [6.45, 7) is 0. The monoisotopic (exact) mass is 208 g/mol. The number of nitrogens with two attached hydrogens (primary N) is 2. The highest BCUT2D eigenvalue weighted by atomic mass is 16.4. The lowest BCUT2D eigenvalue weighted by Gasteiger charge is -2.08. The molecule has 0 unspecified atom stereocenters. The maximum Gasteiger partial charge on any atom is 0.328 e. The molecule has 5 heteroatoms. The molecule has 0 aliphatic rings. The van der Waals surface area contributed by atoms with Crippen molar-refractivity contribution in [1.82, 2.24) is 0 Å². The molecule has 0 amide bonds. The molecule has 1 aromatic rings. The minimum absolute atomic E-state index is 0.00234. The number of phenolic OH excluding ortho intramolecular Hbond substituents is 1. The molecule has 1 aromatic carbocycles. The van der Waals surface area contributed by atoms with Gasteiger partial charge in [0.1, 0.15) is 5.75 Å². The molecular formula is C10H12N2O3. The summed E-state index contributed by atoms with van der Waals surface area (Å²) in [4.78, 5) is 10.3. The van der Waals surface area contributed by atoms with E-state index in [0.29, 0.717) is 11.1 Å². The van der Waals surface area contributed by atoms with Gasteiger partial charge in [-0.2, -0.15) is 0 Å². The fourth-order valence-electron chi connectivity index (χ4n) is 1.11. The summed E-state index contributed by atoms with van der Waals surface area (Å²) in [5.41, 5.74) is 11.8. The van der Waals surface area contributed by atoms with Crippen molar-refractivity contribution in [3.8, 4) is 5.75 Å². The van der Waals surface area contributed by atoms with E-state index in [1.807, 2.05) is 0 Å². The van der Waals surface area contributed by atoms with E-state index in [1.165, 1.54) is 12.1 Å². The highest BCUT2D eigenvalue weighted by Crippen LogP contribution is 2.22. The summed E-state index contributed by atoms with van der Waals surface area (Å²) in [5.74, 6) is -1.04. The predicted molar refractivity (Wildman–Crippen MR) is 55.9 cm³/mol. The van der Waals surface area contributed by atoms with Crippen LogP contribution in [0.3, 0.4) is 0 Å². The van der Waals surface area contributed by atoms with Gasteiger partial charge >= 0.3 is 5.97 Å². The second kappa shape index (κ2) is 4.59. The van der Waals surface area contributed by atoms with Gasteiger partial charge in [-0.1, -0.05) is 6.07 Å². The molecule has 0 aliphatic carbocycles. The van der Waals surface area contributed by atoms with Gasteiger partial charge in [0.25, 0.3) is 0 Å². The van der Waals surface area contributed by atoms with Crippen molar-refractivity contribution in [3.63, 3.8) is 0 Å². The number of carbonyl (C=O) groups is 1. The molecule has 0 saturated carbocycles. The highest BCUT2D eigenvalue weighted by molar-refractivity contribution is 5.85. The van der Waals surface area contributed by atoms with Crippen LogP contribution < -0.4 is 11.5 Å². The van der Waals surface area contributed by atoms with Gasteiger partial charge in [-0.15, -0.1) is 0 Å². The topological polar surface area (TPSA) is 110 Å². The first-order valence-corrected chi connectivity index (χ1v) is 4.26. The van der Waals surface area contributed by atoms with Crippen molar-refractivity contribution >= 4 is 12.0 Å². The van der Waals surface area contributed by atoms with Crippen LogP contribution in [-0.2, 0) is 4.79 Å². The molecule has 0 aliphatic heterocycles. The maximum atomic E-state index is 10.3. The van der Waals surface area contributed by atoms with Crippen molar-refractivity contribution in [3.05, 3.63) is 35.4 Å². The van der Waals surface area contributed by atoms with Crippen molar-refractivity contribution in [2.45, 2.75) is 6.17 Å². The summed E-state index contributed by atoms with van der Waals surface area (Å²) < 4.78 is 0. The molecule has 0 bridgehead atoms. The quantitative estimate of drug-likeness (QED) is 0.424. The normalized spacial score (nSPS) is 11.1. The summed E-state index contributed by atoms with van der Waals surface area (Å²) in [6, 6.07) is 4.53. The average Bonchev–Trinajstić information content (AvgIpc) is 2.16. The van der Waals surface area contributed by atoms with Crippen LogP contribution in [0.1, 0.15) is 17.3 Å². The molecule has 15 heavy (non-hydrogen) atoms. The number of hydrogen-bond acceptors (Lipinski definition) is 4. The third-order valence-corrected chi connectivity index (χ3v) is 1.83. The first kappa shape index (κ1) is 11.2. The van der Waals surface area contributed by atoms with Crippen LogP contribution in [0.25, 0.3) is 6.08 Å². The van der Waals surface area contributed by atoms with E-state index in [0.717, 1.165) is 6.08 Å². The first-order chi connectivity index (χ1) is 7.00. The molecule has 0 fully saturated rings. The lowest BCUT2D eigenvalue weighted by atomic mass is 10.1. The average molecular weight is 208 g/mol. The molecule has 0 heterocycles. The van der Waals surface area contributed by atoms with Gasteiger partial charge in [0.05, 0.1) is 6.17 Å². The Bertz CT molecular complexity index is 400. The van der Waals surface area contributed by atoms with Gasteiger partial charge in [0.15, 0.2) is 0 Å². The van der Waals surface area contributed by atoms with Crippen LogP contribution in [0.2, 0.25) is 0 Å². The molecule has 0 saturated heterocycles. The van der Waals surface area contributed by atoms with Crippen molar-refractivity contribution in [1.29, 1.82) is 0 Å². The number of benzene rings is 1. The van der Waals surface area contributed by atoms with E-state index in [-0.39, 0.29) is 5.75 Å². The molecule has 0 spiro atoms. The molecule has 0 atom stereocenters. The minimum Gasteiger partial charge on any atom is -0.508 e. The van der Waals surface area contributed by atoms with Gasteiger partial charge in [-0.05, 0) is 23.8 Å². The highest BCUT2D eigenvalue weighted by Gasteiger charge is 2.06. The van der Waals surface area contributed by atoms with Crippen LogP contribution in [0.4, 0.5) is 0 Å². The first-order valence-electron chi connectivity index (χ1n) is 4.26. The maximum absolute atomic E-state index is 10.3. The Morgan fingerprint density at radius 3 is 2.60 bits per heavy atom. The number of carboxylic acid groups (broad SMARTS) is 1. The Morgan fingerprint density at radius 2 is 2.07 bits per heavy atom. The Morgan fingerprint density at radius 1 is 1.40 bits per heavy atom. The molecule has 0 radical (unpaired) electrons. The fourth-order valence-corrected chi connectivity index (χ4v) is 1.11. The fraction of sp³-hybridized carbons (Fsp3) is 0.100. The van der Waals surface area contributed by atoms with Crippen LogP contribution in [-0.4, -0.2) is 16.2 Å². The third kappa shape index (κ3) is 3.08. The zero-order valence-corrected chi connectivity index (χ0v) is 7.92. The van der Waals surface area contributed by atoms with Crippen molar-refractivity contribution in [2.75, 3.05) is 0 Å². The van der Waals surface area contributed by atoms with Crippen LogP contribution in [0.15, 0.2) is 24.3 Å². The third-order valence-electron chi connectivity index (χ3n) is 1.83. The summed E-state index contributed by atoms with van der Waals surface area (Å²) in [7, 11) is 0. The second-order valence-electron chi connectivity index (χ2n) is 3.02. The molecule has 1 rings (SSSR count).